The predicted octanol–water partition coefficient (Wildman–Crippen LogP) is 4.45. The molecule has 19 heavy (non-hydrogen) atoms. The lowest BCUT2D eigenvalue weighted by molar-refractivity contribution is 0.213. The number of halogens is 3. The number of anilines is 1. The Morgan fingerprint density at radius 2 is 1.79 bits per heavy atom. The van der Waals surface area contributed by atoms with Gasteiger partial charge in [0, 0.05) is 10.2 Å². The van der Waals surface area contributed by atoms with E-state index in [0.717, 1.165) is 11.6 Å². The molecule has 100 valence electrons. The maximum Gasteiger partial charge on any atom is 0.200 e. The molecule has 5 heteroatoms. The summed E-state index contributed by atoms with van der Waals surface area (Å²) in [6.07, 6.45) is -0.413. The second-order valence-corrected chi connectivity index (χ2v) is 5.04. The Morgan fingerprint density at radius 3 is 2.42 bits per heavy atom. The van der Waals surface area contributed by atoms with Crippen LogP contribution in [0.3, 0.4) is 0 Å². The number of hydrogen-bond donors (Lipinski definition) is 1. The number of nitrogen functional groups attached to an aromatic ring is 1. The molecule has 2 N–H and O–H groups in total. The molecular formula is C14H12BrF2NO. The summed E-state index contributed by atoms with van der Waals surface area (Å²) in [5.74, 6) is -2.07. The maximum absolute atomic E-state index is 13.6. The van der Waals surface area contributed by atoms with Gasteiger partial charge in [0.15, 0.2) is 11.6 Å². The summed E-state index contributed by atoms with van der Waals surface area (Å²) in [7, 11) is 0. The van der Waals surface area contributed by atoms with Crippen LogP contribution in [0.25, 0.3) is 0 Å². The molecule has 0 fully saturated rings. The van der Waals surface area contributed by atoms with Crippen molar-refractivity contribution < 1.29 is 13.5 Å². The van der Waals surface area contributed by atoms with Crippen LogP contribution in [0.5, 0.6) is 5.75 Å². The smallest absolute Gasteiger partial charge is 0.200 e. The normalized spacial score (nSPS) is 12.2. The second kappa shape index (κ2) is 5.57. The van der Waals surface area contributed by atoms with Gasteiger partial charge >= 0.3 is 0 Å². The van der Waals surface area contributed by atoms with Gasteiger partial charge in [-0.3, -0.25) is 0 Å². The molecule has 2 aromatic carbocycles. The molecule has 2 nitrogen and oxygen atoms in total. The van der Waals surface area contributed by atoms with Crippen molar-refractivity contribution in [2.24, 2.45) is 0 Å². The molecule has 0 aliphatic carbocycles. The molecular weight excluding hydrogens is 316 g/mol. The van der Waals surface area contributed by atoms with Crippen molar-refractivity contribution in [2.45, 2.75) is 13.0 Å². The minimum Gasteiger partial charge on any atom is -0.483 e. The Bertz CT molecular complexity index is 587. The van der Waals surface area contributed by atoms with Crippen molar-refractivity contribution in [2.75, 3.05) is 5.73 Å². The van der Waals surface area contributed by atoms with Gasteiger partial charge in [0.1, 0.15) is 6.10 Å². The Balaban J connectivity index is 2.23. The SMILES string of the molecule is CC(Oc1cc(Br)cc(F)c1F)c1ccc(N)cc1. The van der Waals surface area contributed by atoms with Gasteiger partial charge in [0.25, 0.3) is 0 Å². The highest BCUT2D eigenvalue weighted by molar-refractivity contribution is 9.10. The van der Waals surface area contributed by atoms with E-state index in [2.05, 4.69) is 15.9 Å². The quantitative estimate of drug-likeness (QED) is 0.667. The topological polar surface area (TPSA) is 35.2 Å². The molecule has 1 unspecified atom stereocenters. The lowest BCUT2D eigenvalue weighted by Crippen LogP contribution is -2.05. The molecule has 0 aromatic heterocycles. The van der Waals surface area contributed by atoms with Crippen molar-refractivity contribution in [3.05, 3.63) is 58.1 Å². The number of nitrogens with two attached hydrogens (primary N) is 1. The molecule has 0 heterocycles. The van der Waals surface area contributed by atoms with Crippen LogP contribution in [-0.4, -0.2) is 0 Å². The molecule has 0 spiro atoms. The van der Waals surface area contributed by atoms with E-state index in [1.165, 1.54) is 6.07 Å². The van der Waals surface area contributed by atoms with Crippen molar-refractivity contribution >= 4 is 21.6 Å². The zero-order valence-corrected chi connectivity index (χ0v) is 11.7. The molecule has 0 saturated carbocycles. The van der Waals surface area contributed by atoms with E-state index in [-0.39, 0.29) is 5.75 Å². The zero-order chi connectivity index (χ0) is 14.0. The molecule has 0 radical (unpaired) electrons. The lowest BCUT2D eigenvalue weighted by atomic mass is 10.1. The monoisotopic (exact) mass is 327 g/mol. The fraction of sp³-hybridized carbons (Fsp3) is 0.143. The van der Waals surface area contributed by atoms with E-state index in [9.17, 15) is 8.78 Å². The minimum atomic E-state index is -0.995. The first kappa shape index (κ1) is 13.8. The third-order valence-corrected chi connectivity index (χ3v) is 3.13. The van der Waals surface area contributed by atoms with Gasteiger partial charge < -0.3 is 10.5 Å². The Kier molecular flexibility index (Phi) is 4.04. The van der Waals surface area contributed by atoms with Gasteiger partial charge in [-0.2, -0.15) is 4.39 Å². The van der Waals surface area contributed by atoms with Crippen LogP contribution < -0.4 is 10.5 Å². The van der Waals surface area contributed by atoms with Gasteiger partial charge in [0.2, 0.25) is 5.82 Å². The fourth-order valence-corrected chi connectivity index (χ4v) is 2.05. The van der Waals surface area contributed by atoms with Crippen LogP contribution in [0.1, 0.15) is 18.6 Å². The average Bonchev–Trinajstić information content (AvgIpc) is 2.36. The minimum absolute atomic E-state index is 0.129. The molecule has 0 aliphatic rings. The van der Waals surface area contributed by atoms with Crippen LogP contribution in [0.15, 0.2) is 40.9 Å². The summed E-state index contributed by atoms with van der Waals surface area (Å²) < 4.78 is 32.7. The van der Waals surface area contributed by atoms with Gasteiger partial charge in [-0.15, -0.1) is 0 Å². The van der Waals surface area contributed by atoms with Crippen LogP contribution in [0.4, 0.5) is 14.5 Å². The van der Waals surface area contributed by atoms with E-state index < -0.39 is 17.7 Å². The van der Waals surface area contributed by atoms with Crippen molar-refractivity contribution in [3.8, 4) is 5.75 Å². The van der Waals surface area contributed by atoms with Crippen molar-refractivity contribution in [1.29, 1.82) is 0 Å². The Hall–Kier alpha value is -1.62. The Morgan fingerprint density at radius 1 is 1.16 bits per heavy atom. The van der Waals surface area contributed by atoms with E-state index in [4.69, 9.17) is 10.5 Å². The van der Waals surface area contributed by atoms with Gasteiger partial charge in [-0.05, 0) is 36.8 Å². The first-order valence-corrected chi connectivity index (χ1v) is 6.43. The highest BCUT2D eigenvalue weighted by Gasteiger charge is 2.15. The largest absolute Gasteiger partial charge is 0.483 e. The van der Waals surface area contributed by atoms with Crippen molar-refractivity contribution in [3.63, 3.8) is 0 Å². The molecule has 2 aromatic rings. The standard InChI is InChI=1S/C14H12BrF2NO/c1-8(9-2-4-11(18)5-3-9)19-13-7-10(15)6-12(16)14(13)17/h2-8H,18H2,1H3. The third-order valence-electron chi connectivity index (χ3n) is 2.67. The number of rotatable bonds is 3. The summed E-state index contributed by atoms with van der Waals surface area (Å²) in [5.41, 5.74) is 7.05. The van der Waals surface area contributed by atoms with Gasteiger partial charge in [-0.25, -0.2) is 4.39 Å². The fourth-order valence-electron chi connectivity index (χ4n) is 1.64. The highest BCUT2D eigenvalue weighted by atomic mass is 79.9. The Labute approximate surface area is 118 Å². The summed E-state index contributed by atoms with van der Waals surface area (Å²) >= 11 is 3.10. The van der Waals surface area contributed by atoms with E-state index in [1.54, 1.807) is 31.2 Å². The first-order chi connectivity index (χ1) is 8.97. The van der Waals surface area contributed by atoms with Gasteiger partial charge in [0.05, 0.1) is 0 Å². The average molecular weight is 328 g/mol. The molecule has 1 atom stereocenters. The maximum atomic E-state index is 13.6. The summed E-state index contributed by atoms with van der Waals surface area (Å²) in [6, 6.07) is 9.47. The second-order valence-electron chi connectivity index (χ2n) is 4.13. The third kappa shape index (κ3) is 3.23. The first-order valence-electron chi connectivity index (χ1n) is 5.64. The van der Waals surface area contributed by atoms with E-state index >= 15 is 0 Å². The summed E-state index contributed by atoms with van der Waals surface area (Å²) in [6.45, 7) is 1.75. The van der Waals surface area contributed by atoms with Gasteiger partial charge in [-0.1, -0.05) is 28.1 Å². The molecule has 0 saturated heterocycles. The molecule has 0 aliphatic heterocycles. The van der Waals surface area contributed by atoms with E-state index in [1.807, 2.05) is 0 Å². The van der Waals surface area contributed by atoms with Crippen LogP contribution in [0, 0.1) is 11.6 Å². The predicted molar refractivity (Wildman–Crippen MR) is 74.0 cm³/mol. The molecule has 2 rings (SSSR count). The van der Waals surface area contributed by atoms with Crippen LogP contribution in [0.2, 0.25) is 0 Å². The van der Waals surface area contributed by atoms with Crippen molar-refractivity contribution in [1.82, 2.24) is 0 Å². The highest BCUT2D eigenvalue weighted by Crippen LogP contribution is 2.29. The summed E-state index contributed by atoms with van der Waals surface area (Å²) in [5, 5.41) is 0. The number of ether oxygens (including phenoxy) is 1. The van der Waals surface area contributed by atoms with E-state index in [0.29, 0.717) is 10.2 Å². The van der Waals surface area contributed by atoms with Crippen LogP contribution >= 0.6 is 15.9 Å². The number of hydrogen-bond acceptors (Lipinski definition) is 2. The molecule has 0 amide bonds. The number of benzene rings is 2. The lowest BCUT2D eigenvalue weighted by Gasteiger charge is -2.16. The zero-order valence-electron chi connectivity index (χ0n) is 10.2. The van der Waals surface area contributed by atoms with Crippen LogP contribution in [-0.2, 0) is 0 Å². The molecule has 0 bridgehead atoms. The summed E-state index contributed by atoms with van der Waals surface area (Å²) in [4.78, 5) is 0.